The van der Waals surface area contributed by atoms with E-state index in [4.69, 9.17) is 28.5 Å². The first-order valence-corrected chi connectivity index (χ1v) is 17.3. The number of hydrogen-bond acceptors (Lipinski definition) is 13. The molecule has 48 heavy (non-hydrogen) atoms. The highest BCUT2D eigenvalue weighted by Gasteiger charge is 2.52. The lowest BCUT2D eigenvalue weighted by molar-refractivity contribution is -0.172. The Morgan fingerprint density at radius 2 is 1.60 bits per heavy atom. The van der Waals surface area contributed by atoms with Crippen LogP contribution in [0, 0.1) is 29.1 Å². The summed E-state index contributed by atoms with van der Waals surface area (Å²) in [5.74, 6) is -3.04. The molecule has 17 heteroatoms. The number of fused-ring (bicyclic) bond motifs is 1. The number of nitrogens with zero attached hydrogens (tertiary/aromatic N) is 5. The molecular weight excluding hydrogens is 645 g/mol. The average molecular weight is 694 g/mol. The molecule has 5 atom stereocenters. The lowest BCUT2D eigenvalue weighted by atomic mass is 10.1. The molecule has 2 aromatic rings. The van der Waals surface area contributed by atoms with Crippen LogP contribution in [0.2, 0.25) is 0 Å². The fraction of sp³-hybridized carbons (Fsp3) is 0.710. The molecule has 0 radical (unpaired) electrons. The molecular formula is C31H48N7O9P. The Morgan fingerprint density at radius 3 is 2.15 bits per heavy atom. The molecule has 1 aliphatic rings. The van der Waals surface area contributed by atoms with Gasteiger partial charge in [0.05, 0.1) is 43.9 Å². The molecule has 0 spiro atoms. The maximum atomic E-state index is 13.1. The van der Waals surface area contributed by atoms with Gasteiger partial charge in [-0.2, -0.15) is 10.2 Å². The Hall–Kier alpha value is -3.48. The predicted octanol–water partition coefficient (Wildman–Crippen LogP) is 4.04. The fourth-order valence-electron chi connectivity index (χ4n) is 4.76. The zero-order chi connectivity index (χ0) is 35.9. The van der Waals surface area contributed by atoms with Crippen molar-refractivity contribution in [2.45, 2.75) is 112 Å². The van der Waals surface area contributed by atoms with Crippen LogP contribution in [0.4, 0.5) is 5.95 Å². The van der Waals surface area contributed by atoms with Gasteiger partial charge in [-0.25, -0.2) is 9.65 Å². The number of nitrogens with one attached hydrogen (secondary N) is 2. The molecule has 266 valence electrons. The summed E-state index contributed by atoms with van der Waals surface area (Å²) in [4.78, 5) is 62.6. The SMILES string of the molecule is CC(C)C(=O)Nc1nc2c(ncn2C2O[C@H](COP(OCCC#N)N(C(C)C)C(C)C)C(OC(=O)C(C)C)C2OC(=O)C(C)C)c(=O)[nH]1. The van der Waals surface area contributed by atoms with Crippen LogP contribution in [0.15, 0.2) is 11.1 Å². The van der Waals surface area contributed by atoms with Crippen molar-refractivity contribution >= 4 is 43.5 Å². The van der Waals surface area contributed by atoms with Crippen molar-refractivity contribution in [2.75, 3.05) is 18.5 Å². The minimum absolute atomic E-state index is 0.0246. The molecule has 2 N–H and O–H groups in total. The minimum atomic E-state index is -1.70. The number of imidazole rings is 1. The summed E-state index contributed by atoms with van der Waals surface area (Å²) in [5.41, 5.74) is -0.627. The van der Waals surface area contributed by atoms with Gasteiger partial charge >= 0.3 is 11.9 Å². The van der Waals surface area contributed by atoms with Crippen molar-refractivity contribution < 1.29 is 37.6 Å². The Bertz CT molecular complexity index is 1510. The second-order valence-corrected chi connectivity index (χ2v) is 14.4. The summed E-state index contributed by atoms with van der Waals surface area (Å²) in [6, 6.07) is 2.12. The Morgan fingerprint density at radius 1 is 1.00 bits per heavy atom. The number of H-pyrrole nitrogens is 1. The first-order valence-electron chi connectivity index (χ1n) is 16.1. The van der Waals surface area contributed by atoms with E-state index in [9.17, 15) is 19.2 Å². The summed E-state index contributed by atoms with van der Waals surface area (Å²) in [6.45, 7) is 18.1. The number of amides is 1. The minimum Gasteiger partial charge on any atom is -0.455 e. The highest BCUT2D eigenvalue weighted by molar-refractivity contribution is 7.44. The molecule has 1 fully saturated rings. The van der Waals surface area contributed by atoms with Crippen molar-refractivity contribution in [2.24, 2.45) is 17.8 Å². The van der Waals surface area contributed by atoms with Gasteiger partial charge in [0.2, 0.25) is 11.9 Å². The van der Waals surface area contributed by atoms with Crippen molar-refractivity contribution in [3.8, 4) is 6.07 Å². The molecule has 1 aliphatic heterocycles. The first-order chi connectivity index (χ1) is 22.6. The van der Waals surface area contributed by atoms with E-state index in [1.165, 1.54) is 10.9 Å². The lowest BCUT2D eigenvalue weighted by Crippen LogP contribution is -2.42. The lowest BCUT2D eigenvalue weighted by Gasteiger charge is -2.36. The van der Waals surface area contributed by atoms with E-state index in [2.05, 4.69) is 26.3 Å². The second kappa shape index (κ2) is 17.3. The predicted molar refractivity (Wildman–Crippen MR) is 176 cm³/mol. The van der Waals surface area contributed by atoms with Crippen LogP contribution in [-0.4, -0.2) is 85.6 Å². The van der Waals surface area contributed by atoms with E-state index < -0.39 is 62.4 Å². The number of carbonyl (C=O) groups excluding carboxylic acids is 3. The summed E-state index contributed by atoms with van der Waals surface area (Å²) in [6.07, 6.45) is -3.03. The van der Waals surface area contributed by atoms with Gasteiger partial charge in [-0.05, 0) is 27.7 Å². The first kappa shape index (κ1) is 39.0. The zero-order valence-electron chi connectivity index (χ0n) is 29.3. The number of aromatic amines is 1. The highest BCUT2D eigenvalue weighted by Crippen LogP contribution is 2.47. The van der Waals surface area contributed by atoms with Gasteiger partial charge in [0, 0.05) is 18.0 Å². The number of carbonyl (C=O) groups is 3. The van der Waals surface area contributed by atoms with Crippen molar-refractivity contribution in [1.82, 2.24) is 24.2 Å². The van der Waals surface area contributed by atoms with Crippen molar-refractivity contribution in [1.29, 1.82) is 5.26 Å². The van der Waals surface area contributed by atoms with E-state index in [-0.39, 0.29) is 60.7 Å². The van der Waals surface area contributed by atoms with Gasteiger partial charge in [0.15, 0.2) is 29.6 Å². The molecule has 0 aromatic carbocycles. The fourth-order valence-corrected chi connectivity index (χ4v) is 6.37. The standard InChI is InChI=1S/C31H48N7O9P/c1-16(2)26(39)35-31-34-25-22(27(40)36-31)33-15-37(25)28-24(47-30(42)18(5)6)23(46-29(41)17(3)4)21(45-28)14-44-48(43-13-11-12-32)38(19(7)8)20(9)10/h15-21,23-24,28H,11,13-14H2,1-10H3,(H2,34,35,36,39,40)/t21-,23?,24?,28?,48?/m1/s1. The Labute approximate surface area is 281 Å². The average Bonchev–Trinajstić information content (AvgIpc) is 3.56. The molecule has 0 saturated carbocycles. The van der Waals surface area contributed by atoms with Crippen LogP contribution in [0.5, 0.6) is 0 Å². The maximum absolute atomic E-state index is 13.1. The highest BCUT2D eigenvalue weighted by atomic mass is 31.2. The number of rotatable bonds is 16. The number of nitriles is 1. The van der Waals surface area contributed by atoms with Crippen LogP contribution in [0.25, 0.3) is 11.2 Å². The monoisotopic (exact) mass is 693 g/mol. The van der Waals surface area contributed by atoms with E-state index in [0.717, 1.165) is 0 Å². The maximum Gasteiger partial charge on any atom is 0.308 e. The van der Waals surface area contributed by atoms with E-state index in [0.29, 0.717) is 0 Å². The van der Waals surface area contributed by atoms with Gasteiger partial charge in [0.1, 0.15) is 6.10 Å². The largest absolute Gasteiger partial charge is 0.455 e. The topological polar surface area (TPSA) is 200 Å². The van der Waals surface area contributed by atoms with E-state index >= 15 is 0 Å². The molecule has 1 saturated heterocycles. The van der Waals surface area contributed by atoms with Gasteiger partial charge in [-0.1, -0.05) is 41.5 Å². The smallest absolute Gasteiger partial charge is 0.308 e. The summed E-state index contributed by atoms with van der Waals surface area (Å²) in [7, 11) is -1.70. The quantitative estimate of drug-likeness (QED) is 0.145. The van der Waals surface area contributed by atoms with Gasteiger partial charge in [-0.3, -0.25) is 34.0 Å². The van der Waals surface area contributed by atoms with E-state index in [1.54, 1.807) is 41.5 Å². The van der Waals surface area contributed by atoms with Crippen molar-refractivity contribution in [3.63, 3.8) is 0 Å². The van der Waals surface area contributed by atoms with Gasteiger partial charge in [0.25, 0.3) is 14.1 Å². The molecule has 3 rings (SSSR count). The van der Waals surface area contributed by atoms with Gasteiger partial charge < -0.3 is 23.3 Å². The van der Waals surface area contributed by atoms with Crippen LogP contribution in [-0.2, 0) is 37.6 Å². The number of aromatic nitrogens is 4. The molecule has 4 unspecified atom stereocenters. The molecule has 16 nitrogen and oxygen atoms in total. The molecule has 2 aromatic heterocycles. The van der Waals surface area contributed by atoms with E-state index in [1.807, 2.05) is 32.4 Å². The van der Waals surface area contributed by atoms with Crippen LogP contribution >= 0.6 is 8.53 Å². The Balaban J connectivity index is 2.10. The number of anilines is 1. The molecule has 0 bridgehead atoms. The zero-order valence-corrected chi connectivity index (χ0v) is 30.1. The van der Waals surface area contributed by atoms with Crippen LogP contribution < -0.4 is 10.9 Å². The van der Waals surface area contributed by atoms with Crippen LogP contribution in [0.1, 0.15) is 81.9 Å². The number of hydrogen-bond donors (Lipinski definition) is 2. The summed E-state index contributed by atoms with van der Waals surface area (Å²) in [5, 5.41) is 11.7. The Kier molecular flexibility index (Phi) is 14.0. The molecule has 3 heterocycles. The number of ether oxygens (including phenoxy) is 3. The normalized spacial score (nSPS) is 20.3. The van der Waals surface area contributed by atoms with Crippen LogP contribution in [0.3, 0.4) is 0 Å². The summed E-state index contributed by atoms with van der Waals surface area (Å²) < 4.78 is 34.2. The summed E-state index contributed by atoms with van der Waals surface area (Å²) >= 11 is 0. The third-order valence-corrected chi connectivity index (χ3v) is 9.29. The molecule has 1 amide bonds. The van der Waals surface area contributed by atoms with Crippen molar-refractivity contribution in [3.05, 3.63) is 16.7 Å². The second-order valence-electron chi connectivity index (χ2n) is 12.9. The number of esters is 2. The van der Waals surface area contributed by atoms with Gasteiger partial charge in [-0.15, -0.1) is 0 Å². The third kappa shape index (κ3) is 9.57. The third-order valence-electron chi connectivity index (χ3n) is 7.22. The molecule has 0 aliphatic carbocycles.